The van der Waals surface area contributed by atoms with Gasteiger partial charge in [-0.25, -0.2) is 0 Å². The van der Waals surface area contributed by atoms with Crippen LogP contribution in [0.5, 0.6) is 0 Å². The number of imide groups is 1. The molecular formula is C19H17NO2. The van der Waals surface area contributed by atoms with Gasteiger partial charge in [-0.3, -0.25) is 14.5 Å². The summed E-state index contributed by atoms with van der Waals surface area (Å²) in [5.41, 5.74) is 2.32. The topological polar surface area (TPSA) is 37.4 Å². The molecule has 1 aliphatic heterocycles. The Hall–Kier alpha value is -2.42. The van der Waals surface area contributed by atoms with E-state index in [0.29, 0.717) is 11.1 Å². The number of nitrogens with zero attached hydrogens (tertiary/aromatic N) is 1. The second kappa shape index (κ2) is 5.09. The van der Waals surface area contributed by atoms with E-state index in [1.807, 2.05) is 30.3 Å². The summed E-state index contributed by atoms with van der Waals surface area (Å²) in [4.78, 5) is 26.9. The number of benzene rings is 2. The molecule has 1 heterocycles. The van der Waals surface area contributed by atoms with Gasteiger partial charge in [0, 0.05) is 12.0 Å². The first-order valence-electron chi connectivity index (χ1n) is 7.79. The van der Waals surface area contributed by atoms with Crippen molar-refractivity contribution in [3.63, 3.8) is 0 Å². The highest BCUT2D eigenvalue weighted by Crippen LogP contribution is 2.40. The Bertz CT molecular complexity index is 703. The highest BCUT2D eigenvalue weighted by molar-refractivity contribution is 6.21. The highest BCUT2D eigenvalue weighted by Gasteiger charge is 2.44. The van der Waals surface area contributed by atoms with Crippen LogP contribution in [0.25, 0.3) is 0 Å². The molecule has 2 aliphatic rings. The fraction of sp³-hybridized carbons (Fsp3) is 0.263. The van der Waals surface area contributed by atoms with Gasteiger partial charge < -0.3 is 0 Å². The third-order valence-electron chi connectivity index (χ3n) is 4.86. The van der Waals surface area contributed by atoms with Crippen molar-refractivity contribution >= 4 is 11.8 Å². The van der Waals surface area contributed by atoms with E-state index in [1.54, 1.807) is 12.1 Å². The number of carbonyl (C=O) groups excluding carboxylic acids is 2. The van der Waals surface area contributed by atoms with Crippen molar-refractivity contribution in [2.45, 2.75) is 31.2 Å². The molecule has 2 aromatic rings. The molecule has 0 radical (unpaired) electrons. The zero-order valence-electron chi connectivity index (χ0n) is 12.2. The Morgan fingerprint density at radius 3 is 2.00 bits per heavy atom. The summed E-state index contributed by atoms with van der Waals surface area (Å²) in [7, 11) is 0. The summed E-state index contributed by atoms with van der Waals surface area (Å²) in [5, 5.41) is 0. The van der Waals surface area contributed by atoms with E-state index in [9.17, 15) is 9.59 Å². The highest BCUT2D eigenvalue weighted by atomic mass is 16.2. The first-order valence-corrected chi connectivity index (χ1v) is 7.79. The Kier molecular flexibility index (Phi) is 3.07. The molecule has 110 valence electrons. The Labute approximate surface area is 129 Å². The fourth-order valence-electron chi connectivity index (χ4n) is 3.85. The predicted molar refractivity (Wildman–Crippen MR) is 83.8 cm³/mol. The Balaban J connectivity index is 1.71. The maximum atomic E-state index is 12.7. The monoisotopic (exact) mass is 291 g/mol. The maximum absolute atomic E-state index is 12.7. The van der Waals surface area contributed by atoms with Crippen LogP contribution in [0.15, 0.2) is 54.6 Å². The molecule has 22 heavy (non-hydrogen) atoms. The smallest absolute Gasteiger partial charge is 0.261 e. The van der Waals surface area contributed by atoms with Crippen LogP contribution in [-0.2, 0) is 0 Å². The van der Waals surface area contributed by atoms with Crippen LogP contribution in [0, 0.1) is 0 Å². The Morgan fingerprint density at radius 1 is 0.773 bits per heavy atom. The summed E-state index contributed by atoms with van der Waals surface area (Å²) >= 11 is 0. The van der Waals surface area contributed by atoms with Gasteiger partial charge in [-0.1, -0.05) is 48.9 Å². The van der Waals surface area contributed by atoms with E-state index in [1.165, 1.54) is 10.5 Å². The van der Waals surface area contributed by atoms with E-state index in [4.69, 9.17) is 0 Å². The second-order valence-electron chi connectivity index (χ2n) is 6.04. The third kappa shape index (κ3) is 1.89. The molecule has 1 aliphatic carbocycles. The zero-order valence-corrected chi connectivity index (χ0v) is 12.2. The molecule has 0 aromatic heterocycles. The molecule has 2 unspecified atom stereocenters. The van der Waals surface area contributed by atoms with Crippen molar-refractivity contribution in [3.05, 3.63) is 71.3 Å². The lowest BCUT2D eigenvalue weighted by Gasteiger charge is -2.28. The van der Waals surface area contributed by atoms with Crippen LogP contribution >= 0.6 is 0 Å². The van der Waals surface area contributed by atoms with E-state index in [-0.39, 0.29) is 23.8 Å². The standard InChI is InChI=1S/C19H17NO2/c21-18-15-9-4-5-10-16(15)19(22)20(18)17-12-6-11-14(17)13-7-2-1-3-8-13/h1-5,7-10,14,17H,6,11-12H2. The minimum absolute atomic E-state index is 0.0187. The van der Waals surface area contributed by atoms with Crippen molar-refractivity contribution in [2.24, 2.45) is 0 Å². The van der Waals surface area contributed by atoms with Gasteiger partial charge in [0.1, 0.15) is 0 Å². The second-order valence-corrected chi connectivity index (χ2v) is 6.04. The van der Waals surface area contributed by atoms with Gasteiger partial charge in [0.2, 0.25) is 0 Å². The molecule has 1 fully saturated rings. The van der Waals surface area contributed by atoms with E-state index >= 15 is 0 Å². The van der Waals surface area contributed by atoms with E-state index < -0.39 is 0 Å². The van der Waals surface area contributed by atoms with Gasteiger partial charge >= 0.3 is 0 Å². The van der Waals surface area contributed by atoms with Gasteiger partial charge in [-0.15, -0.1) is 0 Å². The fourth-order valence-corrected chi connectivity index (χ4v) is 3.85. The zero-order chi connectivity index (χ0) is 15.1. The van der Waals surface area contributed by atoms with Gasteiger partial charge in [-0.05, 0) is 30.5 Å². The first-order chi connectivity index (χ1) is 10.8. The summed E-state index contributed by atoms with van der Waals surface area (Å²) in [6, 6.07) is 17.4. The lowest BCUT2D eigenvalue weighted by molar-refractivity contribution is 0.0574. The summed E-state index contributed by atoms with van der Waals surface area (Å²) in [6.45, 7) is 0. The van der Waals surface area contributed by atoms with Crippen molar-refractivity contribution in [1.82, 2.24) is 4.90 Å². The van der Waals surface area contributed by atoms with Gasteiger partial charge in [0.25, 0.3) is 11.8 Å². The quantitative estimate of drug-likeness (QED) is 0.792. The van der Waals surface area contributed by atoms with Crippen LogP contribution in [0.3, 0.4) is 0 Å². The lowest BCUT2D eigenvalue weighted by Crippen LogP contribution is -2.41. The number of hydrogen-bond donors (Lipinski definition) is 0. The molecule has 3 nitrogen and oxygen atoms in total. The molecule has 0 saturated heterocycles. The minimum atomic E-state index is -0.131. The molecule has 2 amide bonds. The molecule has 2 atom stereocenters. The number of hydrogen-bond acceptors (Lipinski definition) is 2. The minimum Gasteiger partial charge on any atom is -0.271 e. The molecule has 2 aromatic carbocycles. The van der Waals surface area contributed by atoms with E-state index in [0.717, 1.165) is 19.3 Å². The molecule has 1 saturated carbocycles. The van der Waals surface area contributed by atoms with Crippen LogP contribution in [-0.4, -0.2) is 22.8 Å². The predicted octanol–water partition coefficient (Wildman–Crippen LogP) is 3.62. The summed E-state index contributed by atoms with van der Waals surface area (Å²) in [6.07, 6.45) is 2.98. The van der Waals surface area contributed by atoms with Gasteiger partial charge in [0.15, 0.2) is 0 Å². The van der Waals surface area contributed by atoms with Crippen molar-refractivity contribution in [2.75, 3.05) is 0 Å². The average Bonchev–Trinajstić information content (AvgIpc) is 3.13. The van der Waals surface area contributed by atoms with Crippen molar-refractivity contribution < 1.29 is 9.59 Å². The molecule has 0 bridgehead atoms. The number of carbonyl (C=O) groups is 2. The lowest BCUT2D eigenvalue weighted by atomic mass is 9.93. The van der Waals surface area contributed by atoms with E-state index in [2.05, 4.69) is 12.1 Å². The molecule has 4 rings (SSSR count). The Morgan fingerprint density at radius 2 is 1.36 bits per heavy atom. The van der Waals surface area contributed by atoms with Crippen LogP contribution in [0.2, 0.25) is 0 Å². The summed E-state index contributed by atoms with van der Waals surface area (Å²) in [5.74, 6) is -0.00901. The number of amides is 2. The van der Waals surface area contributed by atoms with Crippen LogP contribution in [0.4, 0.5) is 0 Å². The first kappa shape index (κ1) is 13.3. The van der Waals surface area contributed by atoms with Crippen LogP contribution < -0.4 is 0 Å². The molecule has 0 N–H and O–H groups in total. The number of fused-ring (bicyclic) bond motifs is 1. The summed E-state index contributed by atoms with van der Waals surface area (Å²) < 4.78 is 0. The molecule has 3 heteroatoms. The van der Waals surface area contributed by atoms with Crippen molar-refractivity contribution in [3.8, 4) is 0 Å². The number of rotatable bonds is 2. The SMILES string of the molecule is O=C1c2ccccc2C(=O)N1C1CCCC1c1ccccc1. The largest absolute Gasteiger partial charge is 0.271 e. The maximum Gasteiger partial charge on any atom is 0.261 e. The van der Waals surface area contributed by atoms with Crippen molar-refractivity contribution in [1.29, 1.82) is 0 Å². The van der Waals surface area contributed by atoms with Gasteiger partial charge in [0.05, 0.1) is 11.1 Å². The van der Waals surface area contributed by atoms with Gasteiger partial charge in [-0.2, -0.15) is 0 Å². The van der Waals surface area contributed by atoms with Crippen LogP contribution in [0.1, 0.15) is 51.5 Å². The third-order valence-corrected chi connectivity index (χ3v) is 4.86. The molecular weight excluding hydrogens is 274 g/mol. The average molecular weight is 291 g/mol. The normalized spacial score (nSPS) is 23.9. The molecule has 0 spiro atoms.